The summed E-state index contributed by atoms with van der Waals surface area (Å²) in [5.41, 5.74) is -0.366. The summed E-state index contributed by atoms with van der Waals surface area (Å²) in [5, 5.41) is 10.5. The van der Waals surface area contributed by atoms with Gasteiger partial charge in [0.05, 0.1) is 16.2 Å². The molecule has 0 amide bonds. The van der Waals surface area contributed by atoms with Crippen molar-refractivity contribution in [2.45, 2.75) is 0 Å². The van der Waals surface area contributed by atoms with E-state index in [1.165, 1.54) is 6.26 Å². The topological polar surface area (TPSA) is 56.3 Å². The molecule has 0 fully saturated rings. The van der Waals surface area contributed by atoms with Gasteiger partial charge < -0.3 is 4.42 Å². The summed E-state index contributed by atoms with van der Waals surface area (Å²) in [4.78, 5) is 9.63. The number of rotatable bonds is 2. The minimum absolute atomic E-state index is 0.0723. The number of nitro benzene ring substituents is 1. The van der Waals surface area contributed by atoms with Crippen LogP contribution in [0.4, 0.5) is 10.1 Å². The van der Waals surface area contributed by atoms with E-state index >= 15 is 0 Å². The summed E-state index contributed by atoms with van der Waals surface area (Å²) in [6, 6.07) is 5.16. The minimum atomic E-state index is -0.944. The fraction of sp³-hybridized carbons (Fsp3) is 0. The zero-order valence-electron chi connectivity index (χ0n) is 7.81. The lowest BCUT2D eigenvalue weighted by Gasteiger charge is -2.01. The Hall–Kier alpha value is -1.88. The number of nitro groups is 1. The van der Waals surface area contributed by atoms with E-state index in [0.717, 1.165) is 12.1 Å². The van der Waals surface area contributed by atoms with Crippen LogP contribution in [0.3, 0.4) is 0 Å². The first kappa shape index (κ1) is 10.6. The van der Waals surface area contributed by atoms with Gasteiger partial charge in [-0.15, -0.1) is 0 Å². The average molecular weight is 242 g/mol. The molecule has 4 nitrogen and oxygen atoms in total. The Morgan fingerprint density at radius 1 is 1.44 bits per heavy atom. The van der Waals surface area contributed by atoms with Crippen molar-refractivity contribution >= 4 is 17.3 Å². The number of hydrogen-bond acceptors (Lipinski definition) is 3. The molecule has 2 aromatic rings. The highest BCUT2D eigenvalue weighted by molar-refractivity contribution is 6.33. The van der Waals surface area contributed by atoms with E-state index in [1.807, 2.05) is 0 Å². The summed E-state index contributed by atoms with van der Waals surface area (Å²) in [5.74, 6) is -0.584. The molecular formula is C10H5ClFNO3. The lowest BCUT2D eigenvalue weighted by molar-refractivity contribution is -0.387. The van der Waals surface area contributed by atoms with Gasteiger partial charge in [0, 0.05) is 11.6 Å². The number of hydrogen-bond donors (Lipinski definition) is 0. The zero-order valence-corrected chi connectivity index (χ0v) is 8.57. The van der Waals surface area contributed by atoms with E-state index in [-0.39, 0.29) is 10.6 Å². The first-order chi connectivity index (χ1) is 7.59. The van der Waals surface area contributed by atoms with Gasteiger partial charge in [0.2, 0.25) is 5.82 Å². The standard InChI is InChI=1S/C10H5ClFNO3/c11-7-5-9(13(14)15)8(12)4-6(7)10-2-1-3-16-10/h1-5H. The van der Waals surface area contributed by atoms with Crippen molar-refractivity contribution < 1.29 is 13.7 Å². The van der Waals surface area contributed by atoms with Crippen LogP contribution in [0, 0.1) is 15.9 Å². The van der Waals surface area contributed by atoms with Crippen LogP contribution >= 0.6 is 11.6 Å². The van der Waals surface area contributed by atoms with Crippen molar-refractivity contribution in [1.29, 1.82) is 0 Å². The number of nitrogens with zero attached hydrogens (tertiary/aromatic N) is 1. The third kappa shape index (κ3) is 1.77. The summed E-state index contributed by atoms with van der Waals surface area (Å²) in [7, 11) is 0. The van der Waals surface area contributed by atoms with Crippen molar-refractivity contribution in [3.63, 3.8) is 0 Å². The van der Waals surface area contributed by atoms with Crippen LogP contribution in [-0.4, -0.2) is 4.92 Å². The van der Waals surface area contributed by atoms with E-state index in [2.05, 4.69) is 0 Å². The van der Waals surface area contributed by atoms with Gasteiger partial charge in [-0.3, -0.25) is 10.1 Å². The van der Waals surface area contributed by atoms with Gasteiger partial charge in [0.1, 0.15) is 5.76 Å². The van der Waals surface area contributed by atoms with Gasteiger partial charge in [-0.2, -0.15) is 4.39 Å². The summed E-state index contributed by atoms with van der Waals surface area (Å²) in [6.07, 6.45) is 1.41. The number of furan rings is 1. The van der Waals surface area contributed by atoms with Gasteiger partial charge in [0.15, 0.2) is 0 Å². The zero-order chi connectivity index (χ0) is 11.7. The Morgan fingerprint density at radius 2 is 2.19 bits per heavy atom. The molecule has 0 unspecified atom stereocenters. The van der Waals surface area contributed by atoms with E-state index in [1.54, 1.807) is 12.1 Å². The van der Waals surface area contributed by atoms with Crippen LogP contribution in [0.5, 0.6) is 0 Å². The molecule has 0 bridgehead atoms. The van der Waals surface area contributed by atoms with E-state index in [9.17, 15) is 14.5 Å². The average Bonchev–Trinajstić information content (AvgIpc) is 2.73. The van der Waals surface area contributed by atoms with Gasteiger partial charge in [-0.25, -0.2) is 0 Å². The largest absolute Gasteiger partial charge is 0.464 e. The Morgan fingerprint density at radius 3 is 2.75 bits per heavy atom. The molecule has 1 aromatic heterocycles. The highest BCUT2D eigenvalue weighted by Crippen LogP contribution is 2.33. The van der Waals surface area contributed by atoms with Crippen molar-refractivity contribution in [3.8, 4) is 11.3 Å². The third-order valence-corrected chi connectivity index (χ3v) is 2.33. The Kier molecular flexibility index (Phi) is 2.62. The monoisotopic (exact) mass is 241 g/mol. The predicted molar refractivity (Wildman–Crippen MR) is 55.8 cm³/mol. The smallest absolute Gasteiger partial charge is 0.306 e. The molecule has 0 radical (unpaired) electrons. The van der Waals surface area contributed by atoms with Crippen LogP contribution < -0.4 is 0 Å². The molecule has 0 aliphatic heterocycles. The SMILES string of the molecule is O=[N+]([O-])c1cc(Cl)c(-c2ccco2)cc1F. The summed E-state index contributed by atoms with van der Waals surface area (Å²) < 4.78 is 18.4. The molecule has 1 aromatic carbocycles. The predicted octanol–water partition coefficient (Wildman–Crippen LogP) is 3.65. The molecule has 0 aliphatic rings. The van der Waals surface area contributed by atoms with Gasteiger partial charge in [-0.1, -0.05) is 11.6 Å². The van der Waals surface area contributed by atoms with E-state index in [0.29, 0.717) is 5.76 Å². The van der Waals surface area contributed by atoms with Gasteiger partial charge in [0.25, 0.3) is 0 Å². The maximum atomic E-state index is 13.3. The summed E-state index contributed by atoms with van der Waals surface area (Å²) >= 11 is 5.81. The summed E-state index contributed by atoms with van der Waals surface area (Å²) in [6.45, 7) is 0. The first-order valence-corrected chi connectivity index (χ1v) is 4.64. The molecule has 6 heteroatoms. The van der Waals surface area contributed by atoms with Crippen LogP contribution in [0.2, 0.25) is 5.02 Å². The minimum Gasteiger partial charge on any atom is -0.464 e. The lowest BCUT2D eigenvalue weighted by Crippen LogP contribution is -1.93. The van der Waals surface area contributed by atoms with Gasteiger partial charge in [-0.05, 0) is 18.2 Å². The quantitative estimate of drug-likeness (QED) is 0.596. The van der Waals surface area contributed by atoms with Crippen molar-refractivity contribution in [3.05, 3.63) is 51.5 Å². The third-order valence-electron chi connectivity index (χ3n) is 2.02. The second-order valence-corrected chi connectivity index (χ2v) is 3.43. The lowest BCUT2D eigenvalue weighted by atomic mass is 10.1. The molecule has 0 atom stereocenters. The molecule has 0 saturated carbocycles. The maximum absolute atomic E-state index is 13.3. The highest BCUT2D eigenvalue weighted by Gasteiger charge is 2.19. The normalized spacial score (nSPS) is 10.4. The molecule has 1 heterocycles. The van der Waals surface area contributed by atoms with Crippen LogP contribution in [-0.2, 0) is 0 Å². The van der Waals surface area contributed by atoms with Crippen LogP contribution in [0.15, 0.2) is 34.9 Å². The first-order valence-electron chi connectivity index (χ1n) is 4.27. The second-order valence-electron chi connectivity index (χ2n) is 3.02. The number of benzene rings is 1. The highest BCUT2D eigenvalue weighted by atomic mass is 35.5. The van der Waals surface area contributed by atoms with Gasteiger partial charge >= 0.3 is 5.69 Å². The fourth-order valence-electron chi connectivity index (χ4n) is 1.30. The molecule has 0 N–H and O–H groups in total. The second kappa shape index (κ2) is 3.94. The molecule has 82 valence electrons. The maximum Gasteiger partial charge on any atom is 0.306 e. The van der Waals surface area contributed by atoms with Crippen molar-refractivity contribution in [2.75, 3.05) is 0 Å². The molecule has 0 spiro atoms. The van der Waals surface area contributed by atoms with Crippen molar-refractivity contribution in [1.82, 2.24) is 0 Å². The number of halogens is 2. The Bertz CT molecular complexity index is 539. The van der Waals surface area contributed by atoms with E-state index in [4.69, 9.17) is 16.0 Å². The van der Waals surface area contributed by atoms with Crippen molar-refractivity contribution in [2.24, 2.45) is 0 Å². The Labute approximate surface area is 94.4 Å². The molecule has 2 rings (SSSR count). The van der Waals surface area contributed by atoms with E-state index < -0.39 is 16.4 Å². The fourth-order valence-corrected chi connectivity index (χ4v) is 1.55. The molecule has 0 saturated heterocycles. The Balaban J connectivity index is 2.59. The molecule has 0 aliphatic carbocycles. The molecule has 16 heavy (non-hydrogen) atoms. The van der Waals surface area contributed by atoms with Crippen LogP contribution in [0.1, 0.15) is 0 Å². The van der Waals surface area contributed by atoms with Crippen LogP contribution in [0.25, 0.3) is 11.3 Å². The molecular weight excluding hydrogens is 237 g/mol.